The summed E-state index contributed by atoms with van der Waals surface area (Å²) in [5.74, 6) is 0.458. The number of hydrogen-bond donors (Lipinski definition) is 2. The highest BCUT2D eigenvalue weighted by Crippen LogP contribution is 2.30. The summed E-state index contributed by atoms with van der Waals surface area (Å²) in [7, 11) is 0. The Morgan fingerprint density at radius 3 is 2.74 bits per heavy atom. The molecule has 96 valence electrons. The molecule has 19 heavy (non-hydrogen) atoms. The zero-order chi connectivity index (χ0) is 13.4. The minimum Gasteiger partial charge on any atom is -0.388 e. The summed E-state index contributed by atoms with van der Waals surface area (Å²) in [6.07, 6.45) is 0. The molecule has 0 spiro atoms. The molecule has 0 radical (unpaired) electrons. The van der Waals surface area contributed by atoms with Gasteiger partial charge in [0.05, 0.1) is 5.69 Å². The first-order valence-electron chi connectivity index (χ1n) is 6.22. The number of nitrogens with one attached hydrogen (secondary N) is 1. The third-order valence-electron chi connectivity index (χ3n) is 3.19. The molecule has 2 N–H and O–H groups in total. The molecule has 3 aromatic rings. The summed E-state index contributed by atoms with van der Waals surface area (Å²) < 4.78 is 0. The van der Waals surface area contributed by atoms with Gasteiger partial charge in [-0.3, -0.25) is 0 Å². The van der Waals surface area contributed by atoms with E-state index in [0.29, 0.717) is 5.82 Å². The van der Waals surface area contributed by atoms with E-state index in [1.807, 2.05) is 38.1 Å². The molecule has 0 saturated carbocycles. The fraction of sp³-hybridized carbons (Fsp3) is 0.200. The molecule has 2 heterocycles. The molecule has 0 aliphatic heterocycles. The Morgan fingerprint density at radius 2 is 1.95 bits per heavy atom. The zero-order valence-electron chi connectivity index (χ0n) is 10.9. The first-order valence-corrected chi connectivity index (χ1v) is 6.22. The highest BCUT2D eigenvalue weighted by molar-refractivity contribution is 5.96. The number of aliphatic hydroxyl groups excluding tert-OH is 1. The highest BCUT2D eigenvalue weighted by Gasteiger charge is 2.12. The highest BCUT2D eigenvalue weighted by atomic mass is 16.3. The molecule has 2 aromatic heterocycles. The number of rotatable bonds is 2. The maximum absolute atomic E-state index is 9.23. The predicted octanol–water partition coefficient (Wildman–Crippen LogP) is 2.73. The molecular formula is C15H15N3O. The summed E-state index contributed by atoms with van der Waals surface area (Å²) in [6, 6.07) is 10.1. The third-order valence-corrected chi connectivity index (χ3v) is 3.19. The molecular weight excluding hydrogens is 238 g/mol. The fourth-order valence-corrected chi connectivity index (χ4v) is 2.44. The number of aliphatic hydroxyl groups is 1. The van der Waals surface area contributed by atoms with Crippen LogP contribution in [0.5, 0.6) is 0 Å². The van der Waals surface area contributed by atoms with Gasteiger partial charge in [0.25, 0.3) is 0 Å². The standard InChI is InChI=1S/C15H15N3O/c1-9-7-13(18-14(8-19)16-9)15-10(2)17-12-6-4-3-5-11(12)15/h3-7,17,19H,8H2,1-2H3. The van der Waals surface area contributed by atoms with Crippen molar-refractivity contribution in [1.82, 2.24) is 15.0 Å². The van der Waals surface area contributed by atoms with E-state index < -0.39 is 0 Å². The lowest BCUT2D eigenvalue weighted by Crippen LogP contribution is -1.99. The van der Waals surface area contributed by atoms with Crippen molar-refractivity contribution in [3.63, 3.8) is 0 Å². The molecule has 1 aromatic carbocycles. The zero-order valence-corrected chi connectivity index (χ0v) is 10.9. The average molecular weight is 253 g/mol. The van der Waals surface area contributed by atoms with Crippen molar-refractivity contribution in [2.24, 2.45) is 0 Å². The second kappa shape index (κ2) is 4.48. The summed E-state index contributed by atoms with van der Waals surface area (Å²) in [5.41, 5.74) is 4.96. The number of nitrogens with zero attached hydrogens (tertiary/aromatic N) is 2. The number of benzene rings is 1. The minimum absolute atomic E-state index is 0.143. The van der Waals surface area contributed by atoms with Crippen molar-refractivity contribution in [3.05, 3.63) is 47.5 Å². The van der Waals surface area contributed by atoms with Crippen LogP contribution in [-0.2, 0) is 6.61 Å². The molecule has 0 atom stereocenters. The molecule has 4 nitrogen and oxygen atoms in total. The van der Waals surface area contributed by atoms with E-state index >= 15 is 0 Å². The number of aromatic nitrogens is 3. The van der Waals surface area contributed by atoms with Gasteiger partial charge >= 0.3 is 0 Å². The Balaban J connectivity index is 2.29. The van der Waals surface area contributed by atoms with E-state index in [2.05, 4.69) is 21.0 Å². The summed E-state index contributed by atoms with van der Waals surface area (Å²) >= 11 is 0. The molecule has 0 amide bonds. The Morgan fingerprint density at radius 1 is 1.16 bits per heavy atom. The van der Waals surface area contributed by atoms with Crippen LogP contribution >= 0.6 is 0 Å². The molecule has 0 aliphatic rings. The van der Waals surface area contributed by atoms with Gasteiger partial charge in [0.2, 0.25) is 0 Å². The van der Waals surface area contributed by atoms with E-state index in [4.69, 9.17) is 0 Å². The number of aromatic amines is 1. The van der Waals surface area contributed by atoms with Crippen molar-refractivity contribution in [2.45, 2.75) is 20.5 Å². The molecule has 0 fully saturated rings. The van der Waals surface area contributed by atoms with Crippen LogP contribution in [0.3, 0.4) is 0 Å². The van der Waals surface area contributed by atoms with Gasteiger partial charge in [0.1, 0.15) is 6.61 Å². The van der Waals surface area contributed by atoms with E-state index in [0.717, 1.165) is 33.5 Å². The van der Waals surface area contributed by atoms with Crippen LogP contribution < -0.4 is 0 Å². The monoisotopic (exact) mass is 253 g/mol. The van der Waals surface area contributed by atoms with Crippen molar-refractivity contribution in [2.75, 3.05) is 0 Å². The van der Waals surface area contributed by atoms with Gasteiger partial charge < -0.3 is 10.1 Å². The van der Waals surface area contributed by atoms with Crippen LogP contribution in [0.4, 0.5) is 0 Å². The minimum atomic E-state index is -0.143. The maximum Gasteiger partial charge on any atom is 0.154 e. The quantitative estimate of drug-likeness (QED) is 0.738. The Labute approximate surface area is 111 Å². The predicted molar refractivity (Wildman–Crippen MR) is 74.7 cm³/mol. The molecule has 4 heteroatoms. The Bertz CT molecular complexity index is 746. The van der Waals surface area contributed by atoms with E-state index in [9.17, 15) is 5.11 Å². The lowest BCUT2D eigenvalue weighted by atomic mass is 10.1. The normalized spacial score (nSPS) is 11.1. The smallest absolute Gasteiger partial charge is 0.154 e. The van der Waals surface area contributed by atoms with Gasteiger partial charge in [-0.25, -0.2) is 9.97 Å². The molecule has 3 rings (SSSR count). The molecule has 0 aliphatic carbocycles. The van der Waals surface area contributed by atoms with Crippen molar-refractivity contribution < 1.29 is 5.11 Å². The van der Waals surface area contributed by atoms with Crippen molar-refractivity contribution in [1.29, 1.82) is 0 Å². The van der Waals surface area contributed by atoms with Gasteiger partial charge in [-0.1, -0.05) is 18.2 Å². The summed E-state index contributed by atoms with van der Waals surface area (Å²) in [4.78, 5) is 12.0. The van der Waals surface area contributed by atoms with Crippen LogP contribution in [0.1, 0.15) is 17.2 Å². The van der Waals surface area contributed by atoms with Gasteiger partial charge in [-0.05, 0) is 26.0 Å². The van der Waals surface area contributed by atoms with Crippen LogP contribution in [-0.4, -0.2) is 20.1 Å². The first kappa shape index (κ1) is 11.9. The number of fused-ring (bicyclic) bond motifs is 1. The fourth-order valence-electron chi connectivity index (χ4n) is 2.44. The SMILES string of the molecule is Cc1cc(-c2c(C)[nH]c3ccccc23)nc(CO)n1. The second-order valence-corrected chi connectivity index (χ2v) is 4.64. The van der Waals surface area contributed by atoms with Gasteiger partial charge in [0, 0.05) is 27.9 Å². The van der Waals surface area contributed by atoms with E-state index in [-0.39, 0.29) is 6.61 Å². The number of hydrogen-bond acceptors (Lipinski definition) is 3. The third kappa shape index (κ3) is 2.00. The molecule has 0 unspecified atom stereocenters. The van der Waals surface area contributed by atoms with Crippen LogP contribution in [0.15, 0.2) is 30.3 Å². The van der Waals surface area contributed by atoms with E-state index in [1.54, 1.807) is 0 Å². The van der Waals surface area contributed by atoms with Gasteiger partial charge in [0.15, 0.2) is 5.82 Å². The van der Waals surface area contributed by atoms with Crippen LogP contribution in [0, 0.1) is 13.8 Å². The summed E-state index contributed by atoms with van der Waals surface area (Å²) in [5, 5.41) is 10.4. The number of H-pyrrole nitrogens is 1. The number of aryl methyl sites for hydroxylation is 2. The molecule has 0 saturated heterocycles. The molecule has 0 bridgehead atoms. The number of para-hydroxylation sites is 1. The first-order chi connectivity index (χ1) is 9.19. The van der Waals surface area contributed by atoms with Crippen molar-refractivity contribution in [3.8, 4) is 11.3 Å². The average Bonchev–Trinajstić information content (AvgIpc) is 2.73. The van der Waals surface area contributed by atoms with Crippen LogP contribution in [0.25, 0.3) is 22.2 Å². The maximum atomic E-state index is 9.23. The van der Waals surface area contributed by atoms with Crippen molar-refractivity contribution >= 4 is 10.9 Å². The topological polar surface area (TPSA) is 61.8 Å². The lowest BCUT2D eigenvalue weighted by Gasteiger charge is -2.05. The van der Waals surface area contributed by atoms with Gasteiger partial charge in [-0.2, -0.15) is 0 Å². The Kier molecular flexibility index (Phi) is 2.80. The van der Waals surface area contributed by atoms with E-state index in [1.165, 1.54) is 0 Å². The van der Waals surface area contributed by atoms with Gasteiger partial charge in [-0.15, -0.1) is 0 Å². The summed E-state index contributed by atoms with van der Waals surface area (Å²) in [6.45, 7) is 3.80. The second-order valence-electron chi connectivity index (χ2n) is 4.64. The van der Waals surface area contributed by atoms with Crippen LogP contribution in [0.2, 0.25) is 0 Å². The lowest BCUT2D eigenvalue weighted by molar-refractivity contribution is 0.271. The largest absolute Gasteiger partial charge is 0.388 e. The Hall–Kier alpha value is -2.20.